The SMILES string of the molecule is CC(=O)C(c1ccc2ccccc2c1)N1C=NC(NC(=O)CCCOCc2ccccc2)=CC1. The first-order valence-corrected chi connectivity index (χ1v) is 11.5. The second-order valence-electron chi connectivity index (χ2n) is 8.34. The zero-order valence-corrected chi connectivity index (χ0v) is 19.3. The van der Waals surface area contributed by atoms with E-state index in [1.54, 1.807) is 13.3 Å². The average Bonchev–Trinajstić information content (AvgIpc) is 2.85. The van der Waals surface area contributed by atoms with Gasteiger partial charge >= 0.3 is 0 Å². The maximum atomic E-state index is 12.5. The molecule has 34 heavy (non-hydrogen) atoms. The molecule has 3 aromatic carbocycles. The molecule has 1 aliphatic heterocycles. The molecule has 6 nitrogen and oxygen atoms in total. The molecule has 0 saturated heterocycles. The Morgan fingerprint density at radius 3 is 2.53 bits per heavy atom. The fourth-order valence-electron chi connectivity index (χ4n) is 4.03. The van der Waals surface area contributed by atoms with Gasteiger partial charge in [-0.25, -0.2) is 4.99 Å². The van der Waals surface area contributed by atoms with Crippen LogP contribution in [0, 0.1) is 0 Å². The van der Waals surface area contributed by atoms with Crippen LogP contribution in [0.1, 0.15) is 36.9 Å². The second kappa shape index (κ2) is 11.4. The molecule has 1 atom stereocenters. The van der Waals surface area contributed by atoms with Crippen molar-refractivity contribution in [3.63, 3.8) is 0 Å². The predicted octanol–water partition coefficient (Wildman–Crippen LogP) is 4.77. The summed E-state index contributed by atoms with van der Waals surface area (Å²) in [4.78, 5) is 31.0. The van der Waals surface area contributed by atoms with Crippen molar-refractivity contribution in [3.8, 4) is 0 Å². The van der Waals surface area contributed by atoms with E-state index in [9.17, 15) is 9.59 Å². The number of ketones is 1. The molecule has 6 heteroatoms. The minimum atomic E-state index is -0.427. The molecule has 0 bridgehead atoms. The molecule has 0 aromatic heterocycles. The van der Waals surface area contributed by atoms with Crippen LogP contribution in [0.3, 0.4) is 0 Å². The molecule has 0 radical (unpaired) electrons. The summed E-state index contributed by atoms with van der Waals surface area (Å²) in [5.41, 5.74) is 2.04. The summed E-state index contributed by atoms with van der Waals surface area (Å²) in [5, 5.41) is 5.07. The standard InChI is InChI=1S/C28H29N3O3/c1-21(32)28(25-14-13-23-10-5-6-11-24(23)18-25)31-16-15-26(29-20-31)30-27(33)12-7-17-34-19-22-8-3-2-4-9-22/h2-6,8-11,13-15,18,20,28H,7,12,16-17,19H2,1H3,(H,30,33). The van der Waals surface area contributed by atoms with Gasteiger partial charge in [0.05, 0.1) is 12.9 Å². The number of benzene rings is 3. The van der Waals surface area contributed by atoms with E-state index in [0.717, 1.165) is 21.9 Å². The summed E-state index contributed by atoms with van der Waals surface area (Å²) in [6.45, 7) is 3.14. The summed E-state index contributed by atoms with van der Waals surface area (Å²) in [6.07, 6.45) is 4.47. The van der Waals surface area contributed by atoms with E-state index in [1.807, 2.05) is 71.6 Å². The third-order valence-corrected chi connectivity index (χ3v) is 5.72. The quantitative estimate of drug-likeness (QED) is 0.447. The molecular weight excluding hydrogens is 426 g/mol. The van der Waals surface area contributed by atoms with Crippen molar-refractivity contribution in [2.75, 3.05) is 13.2 Å². The molecule has 0 aliphatic carbocycles. The highest BCUT2D eigenvalue weighted by atomic mass is 16.5. The second-order valence-corrected chi connectivity index (χ2v) is 8.34. The van der Waals surface area contributed by atoms with Crippen LogP contribution in [-0.4, -0.2) is 36.1 Å². The number of amides is 1. The number of aliphatic imine (C=N–C) groups is 1. The van der Waals surface area contributed by atoms with Gasteiger partial charge in [-0.05, 0) is 47.4 Å². The first kappa shape index (κ1) is 23.4. The van der Waals surface area contributed by atoms with Crippen LogP contribution in [0.2, 0.25) is 0 Å². The minimum absolute atomic E-state index is 0.0399. The number of ether oxygens (including phenoxy) is 1. The first-order valence-electron chi connectivity index (χ1n) is 11.5. The van der Waals surface area contributed by atoms with Gasteiger partial charge in [0.25, 0.3) is 0 Å². The molecule has 0 spiro atoms. The van der Waals surface area contributed by atoms with Crippen molar-refractivity contribution >= 4 is 28.8 Å². The van der Waals surface area contributed by atoms with Crippen LogP contribution in [-0.2, 0) is 20.9 Å². The van der Waals surface area contributed by atoms with Crippen LogP contribution >= 0.6 is 0 Å². The molecular formula is C28H29N3O3. The fourth-order valence-corrected chi connectivity index (χ4v) is 4.03. The smallest absolute Gasteiger partial charge is 0.225 e. The lowest BCUT2D eigenvalue weighted by Gasteiger charge is -2.29. The van der Waals surface area contributed by atoms with Crippen molar-refractivity contribution in [2.45, 2.75) is 32.4 Å². The van der Waals surface area contributed by atoms with Crippen LogP contribution in [0.15, 0.2) is 89.7 Å². The molecule has 174 valence electrons. The van der Waals surface area contributed by atoms with E-state index >= 15 is 0 Å². The predicted molar refractivity (Wildman–Crippen MR) is 134 cm³/mol. The highest BCUT2D eigenvalue weighted by molar-refractivity contribution is 5.89. The number of rotatable bonds is 10. The average molecular weight is 456 g/mol. The monoisotopic (exact) mass is 455 g/mol. The van der Waals surface area contributed by atoms with Gasteiger partial charge in [0.15, 0.2) is 5.78 Å². The van der Waals surface area contributed by atoms with Gasteiger partial charge in [-0.3, -0.25) is 9.59 Å². The number of carbonyl (C=O) groups excluding carboxylic acids is 2. The summed E-state index contributed by atoms with van der Waals surface area (Å²) >= 11 is 0. The molecule has 3 aromatic rings. The number of nitrogens with zero attached hydrogens (tertiary/aromatic N) is 2. The van der Waals surface area contributed by atoms with Gasteiger partial charge in [0.1, 0.15) is 11.9 Å². The number of nitrogens with one attached hydrogen (secondary N) is 1. The van der Waals surface area contributed by atoms with Crippen molar-refractivity contribution in [3.05, 3.63) is 95.8 Å². The highest BCUT2D eigenvalue weighted by Crippen LogP contribution is 2.26. The Bertz CT molecular complexity index is 1200. The maximum absolute atomic E-state index is 12.5. The molecule has 1 N–H and O–H groups in total. The van der Waals surface area contributed by atoms with Crippen molar-refractivity contribution < 1.29 is 14.3 Å². The molecule has 1 heterocycles. The number of fused-ring (bicyclic) bond motifs is 1. The third kappa shape index (κ3) is 6.17. The maximum Gasteiger partial charge on any atom is 0.225 e. The summed E-state index contributed by atoms with van der Waals surface area (Å²) in [5.74, 6) is 0.447. The number of hydrogen-bond donors (Lipinski definition) is 1. The Kier molecular flexibility index (Phi) is 7.83. The van der Waals surface area contributed by atoms with E-state index in [4.69, 9.17) is 4.74 Å². The van der Waals surface area contributed by atoms with Crippen LogP contribution in [0.4, 0.5) is 0 Å². The number of carbonyl (C=O) groups is 2. The van der Waals surface area contributed by atoms with E-state index in [0.29, 0.717) is 38.4 Å². The van der Waals surface area contributed by atoms with Crippen molar-refractivity contribution in [1.82, 2.24) is 10.2 Å². The van der Waals surface area contributed by atoms with E-state index in [2.05, 4.69) is 22.4 Å². The van der Waals surface area contributed by atoms with Crippen LogP contribution in [0.5, 0.6) is 0 Å². The topological polar surface area (TPSA) is 71.0 Å². The Balaban J connectivity index is 1.26. The summed E-state index contributed by atoms with van der Waals surface area (Å²) < 4.78 is 5.63. The lowest BCUT2D eigenvalue weighted by atomic mass is 9.98. The van der Waals surface area contributed by atoms with E-state index in [-0.39, 0.29) is 11.7 Å². The summed E-state index contributed by atoms with van der Waals surface area (Å²) in [6, 6.07) is 23.7. The Morgan fingerprint density at radius 2 is 1.79 bits per heavy atom. The summed E-state index contributed by atoms with van der Waals surface area (Å²) in [7, 11) is 0. The molecule has 1 unspecified atom stereocenters. The van der Waals surface area contributed by atoms with E-state index in [1.165, 1.54) is 0 Å². The van der Waals surface area contributed by atoms with Gasteiger partial charge in [0, 0.05) is 19.6 Å². The zero-order valence-electron chi connectivity index (χ0n) is 19.3. The van der Waals surface area contributed by atoms with Crippen LogP contribution in [0.25, 0.3) is 10.8 Å². The van der Waals surface area contributed by atoms with Crippen molar-refractivity contribution in [1.29, 1.82) is 0 Å². The van der Waals surface area contributed by atoms with Gasteiger partial charge in [0.2, 0.25) is 5.91 Å². The van der Waals surface area contributed by atoms with Gasteiger partial charge in [-0.1, -0.05) is 66.7 Å². The van der Waals surface area contributed by atoms with Gasteiger partial charge in [-0.2, -0.15) is 0 Å². The molecule has 1 aliphatic rings. The number of Topliss-reactive ketones (excluding diaryl/α,β-unsaturated/α-hetero) is 1. The van der Waals surface area contributed by atoms with Gasteiger partial charge in [-0.15, -0.1) is 0 Å². The lowest BCUT2D eigenvalue weighted by Crippen LogP contribution is -2.35. The Morgan fingerprint density at radius 1 is 1.03 bits per heavy atom. The normalized spacial score (nSPS) is 14.0. The Hall–Kier alpha value is -3.77. The largest absolute Gasteiger partial charge is 0.377 e. The zero-order chi connectivity index (χ0) is 23.8. The van der Waals surface area contributed by atoms with Crippen LogP contribution < -0.4 is 5.32 Å². The molecule has 0 saturated carbocycles. The minimum Gasteiger partial charge on any atom is -0.377 e. The fraction of sp³-hybridized carbons (Fsp3) is 0.250. The first-order chi connectivity index (χ1) is 16.6. The van der Waals surface area contributed by atoms with Crippen molar-refractivity contribution in [2.24, 2.45) is 4.99 Å². The number of hydrogen-bond acceptors (Lipinski definition) is 5. The Labute approximate surface area is 199 Å². The highest BCUT2D eigenvalue weighted by Gasteiger charge is 2.24. The third-order valence-electron chi connectivity index (χ3n) is 5.72. The lowest BCUT2D eigenvalue weighted by molar-refractivity contribution is -0.121. The molecule has 0 fully saturated rings. The molecule has 4 rings (SSSR count). The van der Waals surface area contributed by atoms with Gasteiger partial charge < -0.3 is 15.0 Å². The van der Waals surface area contributed by atoms with E-state index < -0.39 is 6.04 Å². The molecule has 1 amide bonds.